The average Bonchev–Trinajstić information content (AvgIpc) is 3.26. The maximum Gasteiger partial charge on any atom is 1.00 e. The van der Waals surface area contributed by atoms with Crippen LogP contribution in [0.3, 0.4) is 0 Å². The van der Waals surface area contributed by atoms with Gasteiger partial charge in [0.05, 0.1) is 29.2 Å². The summed E-state index contributed by atoms with van der Waals surface area (Å²) < 4.78 is 46.0. The Kier molecular flexibility index (Phi) is 45.7. The Morgan fingerprint density at radius 3 is 0.984 bits per heavy atom. The molecule has 0 spiro atoms. The van der Waals surface area contributed by atoms with E-state index in [0.717, 1.165) is 57.1 Å². The number of allylic oxidation sites excluding steroid dienone is 4. The third kappa shape index (κ3) is 38.9. The number of unbranched alkanes of at least 4 members (excludes halogenated alkanes) is 34. The van der Waals surface area contributed by atoms with Gasteiger partial charge < -0.3 is 14.0 Å². The van der Waals surface area contributed by atoms with Crippen LogP contribution in [0, 0.1) is 0 Å². The van der Waals surface area contributed by atoms with E-state index >= 15 is 0 Å². The van der Waals surface area contributed by atoms with E-state index in [1.165, 1.54) is 192 Å². The number of carbonyl (C=O) groups excluding carboxylic acids is 2. The first-order chi connectivity index (χ1) is 30.3. The molecule has 0 N–H and O–H groups in total. The molecule has 7 nitrogen and oxygen atoms in total. The molecular weight excluding hydrogens is 832 g/mol. The molecule has 63 heavy (non-hydrogen) atoms. The van der Waals surface area contributed by atoms with Gasteiger partial charge in [0.25, 0.3) is 0 Å². The molecule has 0 bridgehead atoms. The van der Waals surface area contributed by atoms with Crippen molar-refractivity contribution in [2.45, 2.75) is 263 Å². The standard InChI is InChI=1S/C54H94O7S.K/c1-3-5-7-9-11-13-15-17-19-21-23-25-27-29-31-33-35-37-39-41-43-47-60-53(55)51-46-45-50(62(57,58)59)49-52(51)54(56)61-48-44-42-40-38-36-34-32-30-28-26-24-22-20-18-16-14-12-10-8-6-4-2;/h5-8,45-46,49H,3-4,9-44,47-48H2,1-2H3,(H,57,58,59);/q;+1/p-1/b7-5+,8-6+;. The van der Waals surface area contributed by atoms with E-state index in [4.69, 9.17) is 9.47 Å². The molecule has 0 aliphatic carbocycles. The van der Waals surface area contributed by atoms with E-state index in [0.29, 0.717) is 12.8 Å². The van der Waals surface area contributed by atoms with Gasteiger partial charge in [-0.15, -0.1) is 0 Å². The van der Waals surface area contributed by atoms with Crippen molar-refractivity contribution >= 4 is 22.1 Å². The Hall–Kier alpha value is -0.814. The Balaban J connectivity index is 0.0000384. The van der Waals surface area contributed by atoms with Gasteiger partial charge >= 0.3 is 63.3 Å². The van der Waals surface area contributed by atoms with Crippen molar-refractivity contribution in [3.05, 3.63) is 53.6 Å². The summed E-state index contributed by atoms with van der Waals surface area (Å²) in [6.45, 7) is 4.76. The average molecular weight is 925 g/mol. The van der Waals surface area contributed by atoms with Gasteiger partial charge in [-0.1, -0.05) is 231 Å². The second-order valence-electron chi connectivity index (χ2n) is 17.8. The van der Waals surface area contributed by atoms with Crippen LogP contribution in [-0.4, -0.2) is 38.1 Å². The summed E-state index contributed by atoms with van der Waals surface area (Å²) >= 11 is 0. The van der Waals surface area contributed by atoms with Gasteiger partial charge in [0.1, 0.15) is 10.1 Å². The molecule has 0 aliphatic heterocycles. The smallest absolute Gasteiger partial charge is 0.744 e. The minimum Gasteiger partial charge on any atom is -0.744 e. The summed E-state index contributed by atoms with van der Waals surface area (Å²) in [5, 5.41) is 0. The molecule has 0 aliphatic rings. The Bertz CT molecular complexity index is 1380. The maximum absolute atomic E-state index is 13.0. The summed E-state index contributed by atoms with van der Waals surface area (Å²) in [6.07, 6.45) is 56.6. The van der Waals surface area contributed by atoms with Crippen LogP contribution in [0.15, 0.2) is 47.4 Å². The first kappa shape index (κ1) is 62.2. The predicted octanol–water partition coefficient (Wildman–Crippen LogP) is 13.9. The van der Waals surface area contributed by atoms with Gasteiger partial charge in [0.2, 0.25) is 0 Å². The fourth-order valence-corrected chi connectivity index (χ4v) is 8.61. The topological polar surface area (TPSA) is 110 Å². The Morgan fingerprint density at radius 1 is 0.429 bits per heavy atom. The van der Waals surface area contributed by atoms with Crippen LogP contribution in [0.2, 0.25) is 0 Å². The zero-order valence-corrected chi connectivity index (χ0v) is 45.0. The van der Waals surface area contributed by atoms with E-state index in [2.05, 4.69) is 38.2 Å². The van der Waals surface area contributed by atoms with Crippen LogP contribution in [-0.2, 0) is 19.6 Å². The molecule has 0 atom stereocenters. The zero-order chi connectivity index (χ0) is 45.0. The van der Waals surface area contributed by atoms with E-state index in [1.54, 1.807) is 0 Å². The van der Waals surface area contributed by atoms with Crippen molar-refractivity contribution in [1.82, 2.24) is 0 Å². The minimum atomic E-state index is -4.82. The number of carbonyl (C=O) groups is 2. The van der Waals surface area contributed by atoms with Crippen LogP contribution in [0.25, 0.3) is 0 Å². The largest absolute Gasteiger partial charge is 1.00 e. The molecule has 358 valence electrons. The summed E-state index contributed by atoms with van der Waals surface area (Å²) in [4.78, 5) is 25.4. The van der Waals surface area contributed by atoms with Gasteiger partial charge in [-0.2, -0.15) is 0 Å². The molecule has 0 aromatic heterocycles. The number of benzene rings is 1. The summed E-state index contributed by atoms with van der Waals surface area (Å²) in [7, 11) is -4.82. The molecular formula is C54H93KO7S. The Morgan fingerprint density at radius 2 is 0.698 bits per heavy atom. The molecule has 0 fully saturated rings. The SMILES string of the molecule is CC/C=C/CCCCCCCCCCCCCCCCCCCOC(=O)c1ccc(S(=O)(=O)[O-])cc1C(=O)OCCCCCCCCCCCCCCCCCCC/C=C/CC.[K+]. The molecule has 9 heteroatoms. The van der Waals surface area contributed by atoms with Gasteiger partial charge in [0.15, 0.2) is 0 Å². The Labute approximate surface area is 431 Å². The van der Waals surface area contributed by atoms with E-state index in [1.807, 2.05) is 0 Å². The van der Waals surface area contributed by atoms with Crippen LogP contribution >= 0.6 is 0 Å². The number of esters is 2. The summed E-state index contributed by atoms with van der Waals surface area (Å²) in [6, 6.07) is 3.16. The fraction of sp³-hybridized carbons (Fsp3) is 0.778. The molecule has 0 amide bonds. The minimum absolute atomic E-state index is 0. The molecule has 0 radical (unpaired) electrons. The number of ether oxygens (including phenoxy) is 2. The fourth-order valence-electron chi connectivity index (χ4n) is 8.11. The molecule has 1 aromatic rings. The van der Waals surface area contributed by atoms with Gasteiger partial charge in [-0.25, -0.2) is 18.0 Å². The third-order valence-electron chi connectivity index (χ3n) is 12.0. The van der Waals surface area contributed by atoms with Gasteiger partial charge in [0, 0.05) is 0 Å². The molecule has 0 saturated heterocycles. The van der Waals surface area contributed by atoms with Crippen LogP contribution in [0.4, 0.5) is 0 Å². The number of hydrogen-bond donors (Lipinski definition) is 0. The van der Waals surface area contributed by atoms with Crippen molar-refractivity contribution in [3.8, 4) is 0 Å². The second kappa shape index (κ2) is 46.3. The second-order valence-corrected chi connectivity index (χ2v) is 19.2. The van der Waals surface area contributed by atoms with E-state index < -0.39 is 27.0 Å². The number of rotatable bonds is 45. The van der Waals surface area contributed by atoms with Crippen LogP contribution in [0.1, 0.15) is 279 Å². The molecule has 1 rings (SSSR count). The van der Waals surface area contributed by atoms with E-state index in [9.17, 15) is 22.6 Å². The first-order valence-corrected chi connectivity index (χ1v) is 27.5. The summed E-state index contributed by atoms with van der Waals surface area (Å²) in [5.41, 5.74) is -0.327. The van der Waals surface area contributed by atoms with Crippen molar-refractivity contribution in [2.75, 3.05) is 13.2 Å². The quantitative estimate of drug-likeness (QED) is 0.0211. The van der Waals surface area contributed by atoms with Crippen molar-refractivity contribution in [2.24, 2.45) is 0 Å². The van der Waals surface area contributed by atoms with Crippen molar-refractivity contribution < 1.29 is 83.4 Å². The predicted molar refractivity (Wildman–Crippen MR) is 260 cm³/mol. The van der Waals surface area contributed by atoms with Crippen LogP contribution in [0.5, 0.6) is 0 Å². The van der Waals surface area contributed by atoms with Crippen LogP contribution < -0.4 is 51.4 Å². The maximum atomic E-state index is 13.0. The van der Waals surface area contributed by atoms with Gasteiger partial charge in [-0.05, 0) is 69.6 Å². The van der Waals surface area contributed by atoms with Crippen molar-refractivity contribution in [1.29, 1.82) is 0 Å². The molecule has 0 heterocycles. The first-order valence-electron chi connectivity index (χ1n) is 26.0. The third-order valence-corrected chi connectivity index (χ3v) is 12.9. The molecule has 1 aromatic carbocycles. The summed E-state index contributed by atoms with van der Waals surface area (Å²) in [5.74, 6) is -1.54. The zero-order valence-electron chi connectivity index (χ0n) is 41.1. The van der Waals surface area contributed by atoms with E-state index in [-0.39, 0.29) is 75.7 Å². The molecule has 0 saturated carbocycles. The molecule has 0 unspecified atom stereocenters. The monoisotopic (exact) mass is 925 g/mol. The normalized spacial score (nSPS) is 11.7. The van der Waals surface area contributed by atoms with Crippen molar-refractivity contribution in [3.63, 3.8) is 0 Å². The number of hydrogen-bond acceptors (Lipinski definition) is 7. The van der Waals surface area contributed by atoms with Gasteiger partial charge in [-0.3, -0.25) is 0 Å².